The Hall–Kier alpha value is -4.06. The molecule has 1 aromatic carbocycles. The van der Waals surface area contributed by atoms with Crippen molar-refractivity contribution in [1.29, 1.82) is 0 Å². The Morgan fingerprint density at radius 2 is 1.85 bits per heavy atom. The predicted molar refractivity (Wildman–Crippen MR) is 118 cm³/mol. The molecule has 176 valence electrons. The summed E-state index contributed by atoms with van der Waals surface area (Å²) in [5.41, 5.74) is 5.87. The van der Waals surface area contributed by atoms with Crippen LogP contribution in [0.5, 0.6) is 0 Å². The minimum Gasteiger partial charge on any atom is -0.439 e. The summed E-state index contributed by atoms with van der Waals surface area (Å²) >= 11 is 0. The zero-order valence-corrected chi connectivity index (χ0v) is 18.0. The number of aromatic nitrogens is 4. The molecule has 0 saturated carbocycles. The molecule has 0 radical (unpaired) electrons. The summed E-state index contributed by atoms with van der Waals surface area (Å²) in [4.78, 5) is 28.8. The van der Waals surface area contributed by atoms with Crippen LogP contribution in [0, 0.1) is 6.92 Å². The van der Waals surface area contributed by atoms with Crippen LogP contribution in [0.3, 0.4) is 0 Å². The zero-order chi connectivity index (χ0) is 24.3. The fraction of sp³-hybridized carbons (Fsp3) is 0.227. The minimum absolute atomic E-state index is 0.00190. The number of carbonyl (C=O) groups excluding carboxylic acids is 1. The highest BCUT2D eigenvalue weighted by Gasteiger charge is 2.33. The summed E-state index contributed by atoms with van der Waals surface area (Å²) in [6.07, 6.45) is -1.39. The first-order chi connectivity index (χ1) is 16.3. The van der Waals surface area contributed by atoms with Crippen molar-refractivity contribution in [2.24, 2.45) is 5.73 Å². The smallest absolute Gasteiger partial charge is 0.433 e. The quantitative estimate of drug-likeness (QED) is 0.350. The molecule has 34 heavy (non-hydrogen) atoms. The number of amides is 1. The van der Waals surface area contributed by atoms with E-state index in [2.05, 4.69) is 30.6 Å². The lowest BCUT2D eigenvalue weighted by atomic mass is 10.0. The topological polar surface area (TPSA) is 132 Å². The third kappa shape index (κ3) is 4.81. The number of hydrogen-bond donors (Lipinski definition) is 3. The monoisotopic (exact) mass is 471 g/mol. The van der Waals surface area contributed by atoms with Gasteiger partial charge in [0.1, 0.15) is 5.69 Å². The van der Waals surface area contributed by atoms with Gasteiger partial charge in [0.2, 0.25) is 11.8 Å². The molecule has 0 bridgehead atoms. The Morgan fingerprint density at radius 3 is 2.56 bits per heavy atom. The van der Waals surface area contributed by atoms with E-state index in [4.69, 9.17) is 10.2 Å². The average molecular weight is 471 g/mol. The summed E-state index contributed by atoms with van der Waals surface area (Å²) in [5, 5.41) is 6.08. The number of carbonyl (C=O) groups is 1. The number of aryl methyl sites for hydroxylation is 1. The number of halogens is 3. The number of anilines is 1. The molecular formula is C22H20F3N7O2. The molecule has 3 aromatic heterocycles. The maximum atomic E-state index is 13.1. The van der Waals surface area contributed by atoms with E-state index >= 15 is 0 Å². The number of oxazole rings is 1. The number of rotatable bonds is 7. The van der Waals surface area contributed by atoms with E-state index < -0.39 is 17.8 Å². The van der Waals surface area contributed by atoms with Crippen molar-refractivity contribution >= 4 is 22.8 Å². The maximum Gasteiger partial charge on any atom is 0.433 e. The van der Waals surface area contributed by atoms with Gasteiger partial charge in [-0.25, -0.2) is 19.9 Å². The second kappa shape index (κ2) is 9.43. The lowest BCUT2D eigenvalue weighted by molar-refractivity contribution is -0.140. The van der Waals surface area contributed by atoms with Gasteiger partial charge in [-0.05, 0) is 36.8 Å². The molecule has 4 N–H and O–H groups in total. The van der Waals surface area contributed by atoms with Gasteiger partial charge in [0.05, 0.1) is 12.1 Å². The SMILES string of the molecule is Cc1ccc(-c2nc(C(=O)NCCNc3ncccn3)c(CN)o2)c2ccc(C(F)(F)F)nc12. The third-order valence-corrected chi connectivity index (χ3v) is 4.94. The highest BCUT2D eigenvalue weighted by molar-refractivity contribution is 5.97. The van der Waals surface area contributed by atoms with Gasteiger partial charge in [0.25, 0.3) is 5.91 Å². The van der Waals surface area contributed by atoms with Crippen LogP contribution in [0.15, 0.2) is 47.1 Å². The fourth-order valence-electron chi connectivity index (χ4n) is 3.31. The first-order valence-corrected chi connectivity index (χ1v) is 10.2. The fourth-order valence-corrected chi connectivity index (χ4v) is 3.31. The van der Waals surface area contributed by atoms with Gasteiger partial charge in [-0.2, -0.15) is 13.2 Å². The van der Waals surface area contributed by atoms with Crippen LogP contribution in [0.1, 0.15) is 27.5 Å². The first-order valence-electron chi connectivity index (χ1n) is 10.2. The summed E-state index contributed by atoms with van der Waals surface area (Å²) in [5.74, 6) is 0.144. The molecule has 0 fully saturated rings. The zero-order valence-electron chi connectivity index (χ0n) is 18.0. The van der Waals surface area contributed by atoms with Crippen LogP contribution in [-0.2, 0) is 12.7 Å². The number of benzene rings is 1. The van der Waals surface area contributed by atoms with E-state index in [9.17, 15) is 18.0 Å². The van der Waals surface area contributed by atoms with Crippen molar-refractivity contribution in [3.8, 4) is 11.5 Å². The van der Waals surface area contributed by atoms with Gasteiger partial charge in [0.15, 0.2) is 11.5 Å². The largest absolute Gasteiger partial charge is 0.439 e. The summed E-state index contributed by atoms with van der Waals surface area (Å²) in [7, 11) is 0. The molecule has 12 heteroatoms. The van der Waals surface area contributed by atoms with Crippen LogP contribution in [0.25, 0.3) is 22.4 Å². The van der Waals surface area contributed by atoms with Gasteiger partial charge in [-0.1, -0.05) is 6.07 Å². The number of fused-ring (bicyclic) bond motifs is 1. The van der Waals surface area contributed by atoms with Crippen LogP contribution in [0.2, 0.25) is 0 Å². The molecule has 9 nitrogen and oxygen atoms in total. The maximum absolute atomic E-state index is 13.1. The number of nitrogens with one attached hydrogen (secondary N) is 2. The Balaban J connectivity index is 1.57. The van der Waals surface area contributed by atoms with E-state index in [0.717, 1.165) is 6.07 Å². The Bertz CT molecular complexity index is 1320. The van der Waals surface area contributed by atoms with Crippen molar-refractivity contribution < 1.29 is 22.4 Å². The highest BCUT2D eigenvalue weighted by Crippen LogP contribution is 2.34. The predicted octanol–water partition coefficient (Wildman–Crippen LogP) is 3.31. The van der Waals surface area contributed by atoms with Crippen molar-refractivity contribution in [3.05, 3.63) is 65.4 Å². The van der Waals surface area contributed by atoms with E-state index in [1.54, 1.807) is 37.5 Å². The molecule has 4 aromatic rings. The summed E-state index contributed by atoms with van der Waals surface area (Å²) in [6, 6.07) is 7.18. The van der Waals surface area contributed by atoms with Gasteiger partial charge in [0, 0.05) is 36.4 Å². The highest BCUT2D eigenvalue weighted by atomic mass is 19.4. The molecule has 0 atom stereocenters. The van der Waals surface area contributed by atoms with Crippen LogP contribution in [-0.4, -0.2) is 38.9 Å². The van der Waals surface area contributed by atoms with Crippen LogP contribution in [0.4, 0.5) is 19.1 Å². The van der Waals surface area contributed by atoms with Crippen molar-refractivity contribution in [2.75, 3.05) is 18.4 Å². The van der Waals surface area contributed by atoms with Crippen molar-refractivity contribution in [1.82, 2.24) is 25.3 Å². The van der Waals surface area contributed by atoms with Gasteiger partial charge >= 0.3 is 6.18 Å². The Labute approximate surface area is 191 Å². The Kier molecular flexibility index (Phi) is 6.41. The summed E-state index contributed by atoms with van der Waals surface area (Å²) in [6.45, 7) is 2.19. The number of hydrogen-bond acceptors (Lipinski definition) is 8. The van der Waals surface area contributed by atoms with Gasteiger partial charge < -0.3 is 20.8 Å². The van der Waals surface area contributed by atoms with Gasteiger partial charge in [-0.15, -0.1) is 0 Å². The first kappa shape index (κ1) is 23.1. The van der Waals surface area contributed by atoms with E-state index in [1.807, 2.05) is 0 Å². The minimum atomic E-state index is -4.57. The molecule has 0 aliphatic carbocycles. The molecular weight excluding hydrogens is 451 g/mol. The third-order valence-electron chi connectivity index (χ3n) is 4.94. The normalized spacial score (nSPS) is 11.6. The van der Waals surface area contributed by atoms with Crippen LogP contribution >= 0.6 is 0 Å². The van der Waals surface area contributed by atoms with Crippen LogP contribution < -0.4 is 16.4 Å². The molecule has 3 heterocycles. The number of nitrogens with zero attached hydrogens (tertiary/aromatic N) is 4. The summed E-state index contributed by atoms with van der Waals surface area (Å²) < 4.78 is 45.1. The average Bonchev–Trinajstić information content (AvgIpc) is 3.26. The van der Waals surface area contributed by atoms with Crippen molar-refractivity contribution in [3.63, 3.8) is 0 Å². The van der Waals surface area contributed by atoms with E-state index in [-0.39, 0.29) is 36.0 Å². The standard InChI is InChI=1S/C22H20F3N7O2/c1-12-3-4-14(13-5-6-16(22(23,24)25)31-17(12)13)20-32-18(15(11-26)34-20)19(33)27-9-10-30-21-28-7-2-8-29-21/h2-8H,9-11,26H2,1H3,(H,27,33)(H,28,29,30). The Morgan fingerprint density at radius 1 is 1.09 bits per heavy atom. The molecule has 4 rings (SSSR count). The molecule has 0 aliphatic rings. The lowest BCUT2D eigenvalue weighted by Crippen LogP contribution is -2.30. The van der Waals surface area contributed by atoms with Gasteiger partial charge in [-0.3, -0.25) is 4.79 Å². The molecule has 1 amide bonds. The van der Waals surface area contributed by atoms with E-state index in [1.165, 1.54) is 6.07 Å². The molecule has 0 spiro atoms. The number of nitrogens with two attached hydrogens (primary N) is 1. The second-order valence-electron chi connectivity index (χ2n) is 7.27. The molecule has 0 aliphatic heterocycles. The number of pyridine rings is 1. The van der Waals surface area contributed by atoms with E-state index in [0.29, 0.717) is 29.0 Å². The molecule has 0 unspecified atom stereocenters. The lowest BCUT2D eigenvalue weighted by Gasteiger charge is -2.10. The second-order valence-corrected chi connectivity index (χ2v) is 7.27. The number of alkyl halides is 3. The van der Waals surface area contributed by atoms with Crippen molar-refractivity contribution in [2.45, 2.75) is 19.6 Å². The molecule has 0 saturated heterocycles.